The number of aliphatic hydroxyl groups is 2. The number of amides is 10. The van der Waals surface area contributed by atoms with Gasteiger partial charge in [0, 0.05) is 12.3 Å². The van der Waals surface area contributed by atoms with E-state index < -0.39 is 93.5 Å². The van der Waals surface area contributed by atoms with E-state index in [2.05, 4.69) is 39.2 Å². The van der Waals surface area contributed by atoms with Gasteiger partial charge >= 0.3 is 0 Å². The van der Waals surface area contributed by atoms with E-state index in [4.69, 9.17) is 31.8 Å². The van der Waals surface area contributed by atoms with Gasteiger partial charge in [-0.15, -0.1) is 0 Å². The molecule has 19 N–H and O–H groups in total. The van der Waals surface area contributed by atoms with Crippen molar-refractivity contribution in [2.45, 2.75) is 227 Å². The van der Waals surface area contributed by atoms with E-state index in [9.17, 15) is 58.2 Å². The van der Waals surface area contributed by atoms with Crippen LogP contribution in [0.5, 0.6) is 0 Å². The third kappa shape index (κ3) is 22.5. The number of carbonyl (C=O) groups excluding carboxylic acids is 10. The van der Waals surface area contributed by atoms with Crippen molar-refractivity contribution in [3.05, 3.63) is 177 Å². The van der Waals surface area contributed by atoms with Crippen molar-refractivity contribution in [3.8, 4) is 0 Å². The molecule has 0 bridgehead atoms. The molecule has 5 aliphatic carbocycles. The summed E-state index contributed by atoms with van der Waals surface area (Å²) in [6.07, 6.45) is 16.0. The Morgan fingerprint density at radius 2 is 0.606 bits per heavy atom. The molecule has 0 heterocycles. The van der Waals surface area contributed by atoms with Crippen LogP contribution in [-0.4, -0.2) is 151 Å². The number of benzene rings is 5. The molecule has 5 aromatic rings. The van der Waals surface area contributed by atoms with Gasteiger partial charge < -0.3 is 42.5 Å². The van der Waals surface area contributed by atoms with Crippen molar-refractivity contribution in [2.24, 2.45) is 5.73 Å². The largest absolute Gasteiger partial charge is 0.394 e. The first-order valence-electron chi connectivity index (χ1n) is 37.3. The molecule has 28 nitrogen and oxygen atoms in total. The minimum absolute atomic E-state index is 0.0674. The van der Waals surface area contributed by atoms with Gasteiger partial charge in [-0.05, 0) is 134 Å². The smallest absolute Gasteiger partial charge is 0.268 e. The Morgan fingerprint density at radius 3 is 0.844 bits per heavy atom. The van der Waals surface area contributed by atoms with Gasteiger partial charge in [-0.3, -0.25) is 74.0 Å². The highest BCUT2D eigenvalue weighted by atomic mass is 32.1. The van der Waals surface area contributed by atoms with Crippen LogP contribution >= 0.6 is 12.6 Å². The maximum absolute atomic E-state index is 12.9. The molecule has 5 atom stereocenters. The zero-order valence-corrected chi connectivity index (χ0v) is 64.0. The van der Waals surface area contributed by atoms with Gasteiger partial charge in [0.05, 0.1) is 46.3 Å². The summed E-state index contributed by atoms with van der Waals surface area (Å²) >= 11 is 4.07. The molecule has 109 heavy (non-hydrogen) atoms. The van der Waals surface area contributed by atoms with Crippen molar-refractivity contribution >= 4 is 71.7 Å². The second-order valence-corrected chi connectivity index (χ2v) is 29.6. The van der Waals surface area contributed by atoms with E-state index >= 15 is 0 Å². The molecule has 29 heteroatoms. The Labute approximate surface area is 642 Å². The third-order valence-electron chi connectivity index (χ3n) is 22.0. The van der Waals surface area contributed by atoms with Gasteiger partial charge in [0.25, 0.3) is 29.5 Å². The summed E-state index contributed by atoms with van der Waals surface area (Å²) in [4.78, 5) is 121. The first-order chi connectivity index (χ1) is 52.1. The predicted molar refractivity (Wildman–Crippen MR) is 409 cm³/mol. The second-order valence-electron chi connectivity index (χ2n) is 29.3. The van der Waals surface area contributed by atoms with Crippen LogP contribution in [0.15, 0.2) is 121 Å². The highest BCUT2D eigenvalue weighted by Crippen LogP contribution is 2.46. The lowest BCUT2D eigenvalue weighted by Crippen LogP contribution is -2.56. The molecule has 5 aliphatic rings. The summed E-state index contributed by atoms with van der Waals surface area (Å²) in [5.41, 5.74) is 20.4. The van der Waals surface area contributed by atoms with Crippen LogP contribution in [0.3, 0.4) is 0 Å². The van der Waals surface area contributed by atoms with Crippen molar-refractivity contribution in [1.82, 2.24) is 54.0 Å². The molecule has 0 spiro atoms. The second kappa shape index (κ2) is 42.1. The molecular weight excluding hydrogens is 1420 g/mol. The van der Waals surface area contributed by atoms with Gasteiger partial charge in [-0.1, -0.05) is 213 Å². The number of hydrogen-bond acceptors (Lipinski definition) is 19. The normalized spacial score (nSPS) is 17.8. The molecule has 5 fully saturated rings. The Kier molecular flexibility index (Phi) is 34.3. The lowest BCUT2D eigenvalue weighted by atomic mass is 9.77. The van der Waals surface area contributed by atoms with Gasteiger partial charge in [0.2, 0.25) is 29.5 Å². The number of hydroxylamine groups is 5. The summed E-state index contributed by atoms with van der Waals surface area (Å²) in [6.45, 7) is 10.5. The quantitative estimate of drug-likeness (QED) is 0.0195. The number of aryl methyl sites for hydroxylation is 5. The van der Waals surface area contributed by atoms with E-state index in [1.54, 1.807) is 5.48 Å². The summed E-state index contributed by atoms with van der Waals surface area (Å²) in [7, 11) is 0. The molecule has 5 aromatic carbocycles. The average molecular weight is 1530 g/mol. The number of thiol groups is 1. The van der Waals surface area contributed by atoms with Crippen LogP contribution in [0, 0.1) is 34.6 Å². The van der Waals surface area contributed by atoms with E-state index in [0.29, 0.717) is 25.7 Å². The van der Waals surface area contributed by atoms with E-state index in [1.165, 1.54) is 28.8 Å². The number of aliphatic hydroxyl groups excluding tert-OH is 2. The zero-order valence-electron chi connectivity index (χ0n) is 63.1. The Bertz CT molecular complexity index is 3580. The minimum atomic E-state index is -1.18. The van der Waals surface area contributed by atoms with Crippen LogP contribution in [-0.2, 0) is 75.0 Å². The van der Waals surface area contributed by atoms with Gasteiger partial charge in [0.1, 0.15) is 24.2 Å². The number of nitrogens with two attached hydrogens (primary N) is 1. The van der Waals surface area contributed by atoms with Crippen molar-refractivity contribution in [3.63, 3.8) is 0 Å². The van der Waals surface area contributed by atoms with Gasteiger partial charge in [-0.2, -0.15) is 12.6 Å². The summed E-state index contributed by atoms with van der Waals surface area (Å²) in [6, 6.07) is 35.4. The van der Waals surface area contributed by atoms with Crippen LogP contribution in [0.2, 0.25) is 0 Å². The molecule has 5 unspecified atom stereocenters. The van der Waals surface area contributed by atoms with Crippen LogP contribution < -0.4 is 59.7 Å². The average Bonchev–Trinajstić information content (AvgIpc) is 1.82. The lowest BCUT2D eigenvalue weighted by molar-refractivity contribution is -0.139. The standard InChI is InChI=1S/C17H24N2O4.C16H23N3O3.C16H22N2O4.C16H22N2O3S.C15H20N2O3/c1-11-5-7-13(8-6-11)17(9-3-4-10-17)16(22)18-14(12(2)20)15(21)19-23;1-11-4-6-12(7-5-11)16(8-2-3-9-16)15(21)18-13(10-17)14(20)19-22;1-11-4-6-12(7-5-11)16(8-2-3-9-16)15(21)17-13(10-19)14(20)18-22;1-11-4-6-12(7-5-11)16(8-2-3-9-16)15(20)17-13(10-22)14(19)18-21;1-11-4-6-12(7-5-11)15(8-2-3-9-15)14(19)16-10-13(18)17-20/h5-8,12,14,20,23H,3-4,9-10H2,1-2H3,(H,18,22)(H,19,21);4-7,13,22H,2-3,8-10,17H2,1H3,(H,18,21)(H,19,20);4-7,13,19,22H,2-3,8-10H2,1H3,(H,17,21)(H,18,20);4-7,13,21-22H,2-3,8-10H2,1H3,(H,17,20)(H,18,19);4-7,20H,2-3,8-10H2,1H3,(H,16,19)(H,17,18). The van der Waals surface area contributed by atoms with Crippen LogP contribution in [0.4, 0.5) is 0 Å². The summed E-state index contributed by atoms with van der Waals surface area (Å²) < 4.78 is 0. The summed E-state index contributed by atoms with van der Waals surface area (Å²) in [5, 5.41) is 75.5. The van der Waals surface area contributed by atoms with E-state index in [-0.39, 0.29) is 48.4 Å². The van der Waals surface area contributed by atoms with Crippen molar-refractivity contribution in [1.29, 1.82) is 0 Å². The van der Waals surface area contributed by atoms with E-state index in [1.807, 2.05) is 156 Å². The first kappa shape index (κ1) is 88.7. The molecule has 0 saturated heterocycles. The molecular formula is C80H111N11O17S. The SMILES string of the molecule is Cc1ccc(C2(C(=O)NC(C(=O)NO)C(C)O)CCCC2)cc1.Cc1ccc(C2(C(=O)NC(CN)C(=O)NO)CCCC2)cc1.Cc1ccc(C2(C(=O)NC(CO)C(=O)NO)CCCC2)cc1.Cc1ccc(C2(C(=O)NC(CS)C(=O)NO)CCCC2)cc1.Cc1ccc(C2(C(=O)NCC(=O)NO)CCCC2)cc1. The van der Waals surface area contributed by atoms with E-state index in [0.717, 1.165) is 158 Å². The Hall–Kier alpha value is -9.17. The van der Waals surface area contributed by atoms with Crippen LogP contribution in [0.25, 0.3) is 0 Å². The fraction of sp³-hybridized carbons (Fsp3) is 0.500. The number of hydrogen-bond donors (Lipinski definition) is 19. The maximum Gasteiger partial charge on any atom is 0.268 e. The predicted octanol–water partition coefficient (Wildman–Crippen LogP) is 5.88. The van der Waals surface area contributed by atoms with Crippen molar-refractivity contribution in [2.75, 3.05) is 25.4 Å². The molecule has 0 aliphatic heterocycles. The fourth-order valence-electron chi connectivity index (χ4n) is 15.4. The fourth-order valence-corrected chi connectivity index (χ4v) is 15.6. The Morgan fingerprint density at radius 1 is 0.367 bits per heavy atom. The highest BCUT2D eigenvalue weighted by molar-refractivity contribution is 7.80. The topological polar surface area (TPSA) is 459 Å². The molecule has 5 saturated carbocycles. The Balaban J connectivity index is 0.000000213. The zero-order chi connectivity index (χ0) is 80.1. The molecule has 10 amide bonds. The van der Waals surface area contributed by atoms with Crippen molar-refractivity contribution < 1.29 is 84.2 Å². The number of nitrogens with one attached hydrogen (secondary N) is 10. The van der Waals surface area contributed by atoms with Gasteiger partial charge in [-0.25, -0.2) is 27.4 Å². The maximum atomic E-state index is 12.9. The van der Waals surface area contributed by atoms with Crippen LogP contribution in [0.1, 0.15) is 191 Å². The highest BCUT2D eigenvalue weighted by Gasteiger charge is 2.48. The number of rotatable bonds is 24. The van der Waals surface area contributed by atoms with Gasteiger partial charge in [0.15, 0.2) is 0 Å². The monoisotopic (exact) mass is 1530 g/mol. The third-order valence-corrected chi connectivity index (χ3v) is 22.3. The molecule has 0 radical (unpaired) electrons. The summed E-state index contributed by atoms with van der Waals surface area (Å²) in [5.74, 6) is -4.57. The molecule has 0 aromatic heterocycles. The number of carbonyl (C=O) groups is 10. The minimum Gasteiger partial charge on any atom is -0.394 e. The first-order valence-corrected chi connectivity index (χ1v) is 37.9. The lowest BCUT2D eigenvalue weighted by Gasteiger charge is -2.31. The molecule has 10 rings (SSSR count). The molecule has 594 valence electrons.